The summed E-state index contributed by atoms with van der Waals surface area (Å²) < 4.78 is 10.1. The average molecular weight is 374 g/mol. The van der Waals surface area contributed by atoms with Crippen molar-refractivity contribution in [2.24, 2.45) is 5.92 Å². The minimum absolute atomic E-state index is 0.0103. The average Bonchev–Trinajstić information content (AvgIpc) is 2.68. The molecule has 1 aromatic carbocycles. The van der Waals surface area contributed by atoms with Gasteiger partial charge < -0.3 is 19.5 Å². The fraction of sp³-hybridized carbons (Fsp3) is 0.571. The number of fused-ring (bicyclic) bond motifs is 1. The first-order chi connectivity index (χ1) is 13.0. The lowest BCUT2D eigenvalue weighted by Crippen LogP contribution is -2.60. The summed E-state index contributed by atoms with van der Waals surface area (Å²) in [5.41, 5.74) is 0.498. The fourth-order valence-corrected chi connectivity index (χ4v) is 4.03. The van der Waals surface area contributed by atoms with E-state index < -0.39 is 5.60 Å². The van der Waals surface area contributed by atoms with Crippen LogP contribution in [0.2, 0.25) is 0 Å². The lowest BCUT2D eigenvalue weighted by Gasteiger charge is -2.50. The Morgan fingerprint density at radius 3 is 2.67 bits per heavy atom. The highest BCUT2D eigenvalue weighted by molar-refractivity contribution is 5.77. The van der Waals surface area contributed by atoms with Gasteiger partial charge in [0.25, 0.3) is 0 Å². The molecule has 2 heterocycles. The van der Waals surface area contributed by atoms with Crippen LogP contribution in [0.1, 0.15) is 18.4 Å². The Labute approximate surface area is 161 Å². The highest BCUT2D eigenvalue weighted by Gasteiger charge is 2.45. The molecule has 0 saturated carbocycles. The first kappa shape index (κ1) is 19.9. The van der Waals surface area contributed by atoms with Crippen LogP contribution in [0.3, 0.4) is 0 Å². The second kappa shape index (κ2) is 8.87. The fourth-order valence-electron chi connectivity index (χ4n) is 4.03. The van der Waals surface area contributed by atoms with Crippen LogP contribution < -0.4 is 4.74 Å². The molecule has 2 aliphatic heterocycles. The summed E-state index contributed by atoms with van der Waals surface area (Å²) in [5, 5.41) is 11.0. The molecule has 6 nitrogen and oxygen atoms in total. The minimum Gasteiger partial charge on any atom is -0.497 e. The molecular formula is C21H30N2O4. The van der Waals surface area contributed by atoms with Crippen molar-refractivity contribution < 1.29 is 19.4 Å². The summed E-state index contributed by atoms with van der Waals surface area (Å²) in [4.78, 5) is 16.3. The molecule has 1 N–H and O–H groups in total. The van der Waals surface area contributed by atoms with Gasteiger partial charge in [0.05, 0.1) is 12.7 Å². The standard InChI is InChI=1S/C21H30N2O4/c1-26-16-20(24)23-13-10-21(25)9-12-22(14-18(21)15-23)11-3-4-17-5-7-19(27-2)8-6-17/h3-8,18,25H,9-16H2,1-2H3/b4-3+/t18-,21-/m1/s1. The molecule has 148 valence electrons. The highest BCUT2D eigenvalue weighted by Crippen LogP contribution is 2.35. The summed E-state index contributed by atoms with van der Waals surface area (Å²) in [6.45, 7) is 3.86. The van der Waals surface area contributed by atoms with Crippen LogP contribution in [0.25, 0.3) is 6.08 Å². The van der Waals surface area contributed by atoms with E-state index in [1.165, 1.54) is 7.11 Å². The smallest absolute Gasteiger partial charge is 0.248 e. The third kappa shape index (κ3) is 4.89. The predicted molar refractivity (Wildman–Crippen MR) is 105 cm³/mol. The Morgan fingerprint density at radius 2 is 1.96 bits per heavy atom. The zero-order valence-corrected chi connectivity index (χ0v) is 16.3. The van der Waals surface area contributed by atoms with E-state index in [2.05, 4.69) is 17.1 Å². The molecule has 0 unspecified atom stereocenters. The lowest BCUT2D eigenvalue weighted by molar-refractivity contribution is -0.149. The number of likely N-dealkylation sites (tertiary alicyclic amines) is 2. The molecule has 3 rings (SSSR count). The summed E-state index contributed by atoms with van der Waals surface area (Å²) in [5.74, 6) is 0.957. The molecule has 1 aromatic rings. The van der Waals surface area contributed by atoms with Gasteiger partial charge in [0.1, 0.15) is 12.4 Å². The first-order valence-corrected chi connectivity index (χ1v) is 9.56. The van der Waals surface area contributed by atoms with Crippen LogP contribution in [-0.2, 0) is 9.53 Å². The summed E-state index contributed by atoms with van der Waals surface area (Å²) in [6.07, 6.45) is 5.68. The summed E-state index contributed by atoms with van der Waals surface area (Å²) in [7, 11) is 3.20. The number of ether oxygens (including phenoxy) is 2. The molecule has 2 aliphatic rings. The molecule has 0 bridgehead atoms. The van der Waals surface area contributed by atoms with E-state index in [0.29, 0.717) is 19.5 Å². The molecule has 0 spiro atoms. The van der Waals surface area contributed by atoms with Crippen molar-refractivity contribution >= 4 is 12.0 Å². The van der Waals surface area contributed by atoms with E-state index >= 15 is 0 Å². The van der Waals surface area contributed by atoms with Gasteiger partial charge in [-0.25, -0.2) is 0 Å². The normalized spacial score (nSPS) is 26.2. The zero-order chi connectivity index (χ0) is 19.3. The second-order valence-electron chi connectivity index (χ2n) is 7.51. The Bertz CT molecular complexity index is 661. The number of methoxy groups -OCH3 is 2. The van der Waals surface area contributed by atoms with Crippen molar-refractivity contribution in [1.29, 1.82) is 0 Å². The number of rotatable bonds is 6. The van der Waals surface area contributed by atoms with Gasteiger partial charge >= 0.3 is 0 Å². The van der Waals surface area contributed by atoms with E-state index in [4.69, 9.17) is 9.47 Å². The van der Waals surface area contributed by atoms with E-state index in [1.54, 1.807) is 7.11 Å². The van der Waals surface area contributed by atoms with Crippen LogP contribution in [-0.4, -0.2) is 80.0 Å². The van der Waals surface area contributed by atoms with Crippen LogP contribution >= 0.6 is 0 Å². The number of benzene rings is 1. The van der Waals surface area contributed by atoms with Crippen molar-refractivity contribution in [3.8, 4) is 5.75 Å². The molecule has 0 radical (unpaired) electrons. The Balaban J connectivity index is 1.54. The van der Waals surface area contributed by atoms with E-state index in [9.17, 15) is 9.90 Å². The van der Waals surface area contributed by atoms with E-state index in [1.807, 2.05) is 29.2 Å². The highest BCUT2D eigenvalue weighted by atomic mass is 16.5. The zero-order valence-electron chi connectivity index (χ0n) is 16.3. The molecular weight excluding hydrogens is 344 g/mol. The Morgan fingerprint density at radius 1 is 1.22 bits per heavy atom. The van der Waals surface area contributed by atoms with Crippen LogP contribution in [0.4, 0.5) is 0 Å². The van der Waals surface area contributed by atoms with E-state index in [-0.39, 0.29) is 18.4 Å². The SMILES string of the molecule is COCC(=O)N1CC[C@]2(O)CCN(C/C=C/c3ccc(OC)cc3)C[C@@H]2C1. The number of piperidine rings is 2. The molecule has 0 aromatic heterocycles. The topological polar surface area (TPSA) is 62.2 Å². The van der Waals surface area contributed by atoms with Crippen LogP contribution in [0, 0.1) is 5.92 Å². The van der Waals surface area contributed by atoms with Crippen molar-refractivity contribution in [2.75, 3.05) is 53.6 Å². The molecule has 2 saturated heterocycles. The van der Waals surface area contributed by atoms with Crippen LogP contribution in [0.15, 0.2) is 30.3 Å². The molecule has 2 atom stereocenters. The van der Waals surface area contributed by atoms with Gasteiger partial charge in [0.2, 0.25) is 5.91 Å². The summed E-state index contributed by atoms with van der Waals surface area (Å²) in [6, 6.07) is 7.97. The number of amides is 1. The maximum Gasteiger partial charge on any atom is 0.248 e. The lowest BCUT2D eigenvalue weighted by atomic mass is 9.75. The number of carbonyl (C=O) groups excluding carboxylic acids is 1. The molecule has 2 fully saturated rings. The van der Waals surface area contributed by atoms with Crippen LogP contribution in [0.5, 0.6) is 5.75 Å². The van der Waals surface area contributed by atoms with Gasteiger partial charge in [-0.3, -0.25) is 9.69 Å². The predicted octanol–water partition coefficient (Wildman–Crippen LogP) is 1.64. The second-order valence-corrected chi connectivity index (χ2v) is 7.51. The van der Waals surface area contributed by atoms with Crippen molar-refractivity contribution in [1.82, 2.24) is 9.80 Å². The summed E-state index contributed by atoms with van der Waals surface area (Å²) >= 11 is 0. The largest absolute Gasteiger partial charge is 0.497 e. The number of hydrogen-bond acceptors (Lipinski definition) is 5. The Kier molecular flexibility index (Phi) is 6.52. The number of carbonyl (C=O) groups is 1. The quantitative estimate of drug-likeness (QED) is 0.820. The van der Waals surface area contributed by atoms with Crippen molar-refractivity contribution in [3.05, 3.63) is 35.9 Å². The number of nitrogens with zero attached hydrogens (tertiary/aromatic N) is 2. The monoisotopic (exact) mass is 374 g/mol. The third-order valence-electron chi connectivity index (χ3n) is 5.77. The maximum atomic E-state index is 12.1. The molecule has 27 heavy (non-hydrogen) atoms. The van der Waals surface area contributed by atoms with Gasteiger partial charge in [-0.05, 0) is 30.5 Å². The van der Waals surface area contributed by atoms with Gasteiger partial charge in [-0.1, -0.05) is 24.3 Å². The maximum absolute atomic E-state index is 12.1. The van der Waals surface area contributed by atoms with Crippen molar-refractivity contribution in [2.45, 2.75) is 18.4 Å². The number of aliphatic hydroxyl groups is 1. The third-order valence-corrected chi connectivity index (χ3v) is 5.77. The van der Waals surface area contributed by atoms with Gasteiger partial charge in [0, 0.05) is 45.8 Å². The molecule has 0 aliphatic carbocycles. The Hall–Kier alpha value is -1.89. The van der Waals surface area contributed by atoms with Crippen molar-refractivity contribution in [3.63, 3.8) is 0 Å². The molecule has 1 amide bonds. The first-order valence-electron chi connectivity index (χ1n) is 9.56. The number of hydrogen-bond donors (Lipinski definition) is 1. The minimum atomic E-state index is -0.639. The van der Waals surface area contributed by atoms with Gasteiger partial charge in [-0.15, -0.1) is 0 Å². The van der Waals surface area contributed by atoms with Gasteiger partial charge in [-0.2, -0.15) is 0 Å². The van der Waals surface area contributed by atoms with E-state index in [0.717, 1.165) is 37.4 Å². The molecule has 6 heteroatoms. The van der Waals surface area contributed by atoms with Gasteiger partial charge in [0.15, 0.2) is 0 Å².